The van der Waals surface area contributed by atoms with E-state index in [4.69, 9.17) is 4.52 Å². The van der Waals surface area contributed by atoms with Crippen molar-refractivity contribution < 1.29 is 17.7 Å². The number of aryl methyl sites for hydroxylation is 2. The van der Waals surface area contributed by atoms with Gasteiger partial charge in [0, 0.05) is 18.2 Å². The smallest absolute Gasteiger partial charge is 0.264 e. The predicted octanol–water partition coefficient (Wildman–Crippen LogP) is 4.23. The number of Topliss-reactive ketones (excluding diaryl/α,β-unsaturated/α-hetero) is 1. The van der Waals surface area contributed by atoms with E-state index in [1.807, 2.05) is 0 Å². The van der Waals surface area contributed by atoms with Crippen molar-refractivity contribution in [2.24, 2.45) is 0 Å². The Morgan fingerprint density at radius 2 is 1.75 bits per heavy atom. The molecule has 0 aliphatic carbocycles. The maximum absolute atomic E-state index is 12.5. The first-order chi connectivity index (χ1) is 12.7. The maximum Gasteiger partial charge on any atom is 0.264 e. The number of nitrogens with zero attached hydrogens (tertiary/aromatic N) is 2. The summed E-state index contributed by atoms with van der Waals surface area (Å²) < 4.78 is 32.4. The zero-order valence-electron chi connectivity index (χ0n) is 15.6. The Hall–Kier alpha value is -2.43. The summed E-state index contributed by atoms with van der Waals surface area (Å²) in [6, 6.07) is 6.18. The number of halogens is 1. The molecule has 0 spiro atoms. The summed E-state index contributed by atoms with van der Waals surface area (Å²) in [4.78, 5) is 16.5. The van der Waals surface area contributed by atoms with Crippen molar-refractivity contribution in [1.82, 2.24) is 10.1 Å². The van der Waals surface area contributed by atoms with Crippen molar-refractivity contribution in [2.45, 2.75) is 32.6 Å². The number of nitrogens with one attached hydrogen (secondary N) is 2. The van der Waals surface area contributed by atoms with Gasteiger partial charge in [0.15, 0.2) is 10.9 Å². The average Bonchev–Trinajstić information content (AvgIpc) is 3.12. The third kappa shape index (κ3) is 4.51. The van der Waals surface area contributed by atoms with E-state index in [0.29, 0.717) is 32.6 Å². The van der Waals surface area contributed by atoms with Crippen LogP contribution in [0.1, 0.15) is 33.5 Å². The van der Waals surface area contributed by atoms with E-state index in [1.54, 1.807) is 32.9 Å². The maximum atomic E-state index is 12.5. The number of thiazole rings is 1. The highest BCUT2D eigenvalue weighted by Crippen LogP contribution is 2.27. The monoisotopic (exact) mass is 442 g/mol. The van der Waals surface area contributed by atoms with E-state index < -0.39 is 10.0 Å². The molecule has 28 heavy (non-hydrogen) atoms. The van der Waals surface area contributed by atoms with Gasteiger partial charge in [0.2, 0.25) is 5.88 Å². The quantitative estimate of drug-likeness (QED) is 0.549. The van der Waals surface area contributed by atoms with E-state index in [2.05, 4.69) is 20.2 Å². The van der Waals surface area contributed by atoms with Crippen LogP contribution in [-0.4, -0.2) is 24.3 Å². The Morgan fingerprint density at radius 1 is 1.11 bits per heavy atom. The van der Waals surface area contributed by atoms with Crippen molar-refractivity contribution in [3.63, 3.8) is 0 Å². The van der Waals surface area contributed by atoms with Crippen LogP contribution in [0.3, 0.4) is 0 Å². The normalized spacial score (nSPS) is 11.0. The Balaban J connectivity index is 0.00000280. The van der Waals surface area contributed by atoms with Crippen LogP contribution in [0.15, 0.2) is 33.7 Å². The second-order valence-electron chi connectivity index (χ2n) is 5.97. The molecule has 0 unspecified atom stereocenters. The lowest BCUT2D eigenvalue weighted by Gasteiger charge is -2.07. The van der Waals surface area contributed by atoms with Crippen LogP contribution in [0, 0.1) is 20.8 Å². The molecule has 11 heteroatoms. The van der Waals surface area contributed by atoms with Gasteiger partial charge >= 0.3 is 0 Å². The summed E-state index contributed by atoms with van der Waals surface area (Å²) in [7, 11) is -3.80. The Labute approximate surface area is 172 Å². The first kappa shape index (κ1) is 21.9. The molecule has 2 heterocycles. The fraction of sp³-hybridized carbons (Fsp3) is 0.235. The molecule has 0 bridgehead atoms. The second-order valence-corrected chi connectivity index (χ2v) is 8.65. The third-order valence-corrected chi connectivity index (χ3v) is 6.44. The number of rotatable bonds is 6. The van der Waals surface area contributed by atoms with Gasteiger partial charge in [0.05, 0.1) is 21.2 Å². The van der Waals surface area contributed by atoms with Gasteiger partial charge in [0.25, 0.3) is 10.0 Å². The van der Waals surface area contributed by atoms with Gasteiger partial charge in [-0.3, -0.25) is 4.79 Å². The highest BCUT2D eigenvalue weighted by molar-refractivity contribution is 7.92. The average molecular weight is 443 g/mol. The molecule has 2 aromatic heterocycles. The van der Waals surface area contributed by atoms with Gasteiger partial charge in [-0.1, -0.05) is 16.5 Å². The van der Waals surface area contributed by atoms with Gasteiger partial charge in [-0.05, 0) is 45.0 Å². The zero-order valence-corrected chi connectivity index (χ0v) is 18.0. The predicted molar refractivity (Wildman–Crippen MR) is 111 cm³/mol. The van der Waals surface area contributed by atoms with Gasteiger partial charge in [-0.15, -0.1) is 12.4 Å². The lowest BCUT2D eigenvalue weighted by Crippen LogP contribution is -2.13. The van der Waals surface area contributed by atoms with Gasteiger partial charge in [-0.25, -0.2) is 18.1 Å². The minimum Gasteiger partial charge on any atom is -0.337 e. The number of aromatic nitrogens is 2. The molecule has 0 amide bonds. The van der Waals surface area contributed by atoms with Crippen molar-refractivity contribution in [2.75, 3.05) is 10.0 Å². The van der Waals surface area contributed by atoms with Gasteiger partial charge < -0.3 is 9.84 Å². The molecule has 0 radical (unpaired) electrons. The number of hydrogen-bond donors (Lipinski definition) is 2. The van der Waals surface area contributed by atoms with Gasteiger partial charge in [0.1, 0.15) is 0 Å². The molecule has 0 fully saturated rings. The van der Waals surface area contributed by atoms with Crippen LogP contribution in [0.5, 0.6) is 0 Å². The molecular formula is C17H19ClN4O4S2. The summed E-state index contributed by atoms with van der Waals surface area (Å²) in [6.07, 6.45) is 0. The second kappa shape index (κ2) is 8.29. The van der Waals surface area contributed by atoms with Crippen LogP contribution >= 0.6 is 23.7 Å². The van der Waals surface area contributed by atoms with Crippen LogP contribution in [0.2, 0.25) is 0 Å². The summed E-state index contributed by atoms with van der Waals surface area (Å²) in [5, 5.41) is 7.38. The van der Waals surface area contributed by atoms with Gasteiger partial charge in [-0.2, -0.15) is 0 Å². The molecule has 3 aromatic rings. The van der Waals surface area contributed by atoms with E-state index in [0.717, 1.165) is 0 Å². The van der Waals surface area contributed by atoms with Crippen LogP contribution in [0.25, 0.3) is 0 Å². The number of anilines is 3. The Morgan fingerprint density at radius 3 is 2.25 bits per heavy atom. The highest BCUT2D eigenvalue weighted by atomic mass is 35.5. The summed E-state index contributed by atoms with van der Waals surface area (Å²) in [6.45, 7) is 6.72. The van der Waals surface area contributed by atoms with Crippen LogP contribution in [0.4, 0.5) is 16.7 Å². The summed E-state index contributed by atoms with van der Waals surface area (Å²) in [5.41, 5.74) is 2.58. The largest absolute Gasteiger partial charge is 0.337 e. The molecule has 0 aliphatic heterocycles. The molecule has 2 N–H and O–H groups in total. The SMILES string of the molecule is CC(=O)c1sc(Nc2ccc(S(=O)(=O)Nc3onc(C)c3C)cc2)nc1C.Cl. The molecular weight excluding hydrogens is 424 g/mol. The molecule has 0 saturated heterocycles. The van der Waals surface area contributed by atoms with E-state index >= 15 is 0 Å². The molecule has 3 rings (SSSR count). The summed E-state index contributed by atoms with van der Waals surface area (Å²) >= 11 is 1.26. The first-order valence-corrected chi connectivity index (χ1v) is 10.3. The van der Waals surface area contributed by atoms with Crippen LogP contribution < -0.4 is 10.0 Å². The fourth-order valence-corrected chi connectivity index (χ4v) is 4.24. The lowest BCUT2D eigenvalue weighted by molar-refractivity contribution is 0.102. The number of hydrogen-bond acceptors (Lipinski definition) is 8. The number of sulfonamides is 1. The number of benzene rings is 1. The summed E-state index contributed by atoms with van der Waals surface area (Å²) in [5.74, 6) is 0.0632. The van der Waals surface area contributed by atoms with Crippen molar-refractivity contribution in [3.05, 3.63) is 46.1 Å². The topological polar surface area (TPSA) is 114 Å². The molecule has 0 atom stereocenters. The van der Waals surface area contributed by atoms with E-state index in [-0.39, 0.29) is 29.0 Å². The standard InChI is InChI=1S/C17H18N4O4S2.ClH/c1-9-10(2)20-25-16(9)21-27(23,24)14-7-5-13(6-8-14)19-17-18-11(3)15(26-17)12(4)22;/h5-8,21H,1-4H3,(H,18,19);1H. The number of carbonyl (C=O) groups is 1. The zero-order chi connectivity index (χ0) is 19.8. The molecule has 150 valence electrons. The molecule has 0 saturated carbocycles. The minimum absolute atomic E-state index is 0. The first-order valence-electron chi connectivity index (χ1n) is 7.98. The minimum atomic E-state index is -3.80. The number of ketones is 1. The van der Waals surface area contributed by atoms with Crippen molar-refractivity contribution >= 4 is 56.3 Å². The molecule has 0 aliphatic rings. The third-order valence-electron chi connectivity index (χ3n) is 3.92. The molecule has 1 aromatic carbocycles. The Bertz CT molecular complexity index is 1100. The number of carbonyl (C=O) groups excluding carboxylic acids is 1. The van der Waals surface area contributed by atoms with E-state index in [1.165, 1.54) is 30.4 Å². The van der Waals surface area contributed by atoms with E-state index in [9.17, 15) is 13.2 Å². The fourth-order valence-electron chi connectivity index (χ4n) is 2.31. The van der Waals surface area contributed by atoms with Crippen molar-refractivity contribution in [3.8, 4) is 0 Å². The highest BCUT2D eigenvalue weighted by Gasteiger charge is 2.19. The Kier molecular flexibility index (Phi) is 6.48. The lowest BCUT2D eigenvalue weighted by atomic mass is 10.3. The van der Waals surface area contributed by atoms with Crippen LogP contribution in [-0.2, 0) is 10.0 Å². The van der Waals surface area contributed by atoms with Crippen molar-refractivity contribution in [1.29, 1.82) is 0 Å². The molecule has 8 nitrogen and oxygen atoms in total.